The summed E-state index contributed by atoms with van der Waals surface area (Å²) in [5.41, 5.74) is 18.3. The molecule has 0 bridgehead atoms. The Morgan fingerprint density at radius 1 is 0.246 bits per heavy atom. The fraction of sp³-hybridized carbons (Fsp3) is 0. The molecule has 8 aromatic carbocycles. The maximum atomic E-state index is 4.80. The largest absolute Gasteiger partial charge is 0.256 e. The third-order valence-corrected chi connectivity index (χ3v) is 12.9. The first-order valence-corrected chi connectivity index (χ1v) is 21.4. The van der Waals surface area contributed by atoms with Gasteiger partial charge in [-0.2, -0.15) is 0 Å². The minimum atomic E-state index is 0.973. The zero-order valence-electron chi connectivity index (χ0n) is 33.2. The van der Waals surface area contributed by atoms with E-state index in [4.69, 9.17) is 9.97 Å². The summed E-state index contributed by atoms with van der Waals surface area (Å²) in [6, 6.07) is 78.3. The van der Waals surface area contributed by atoms with Gasteiger partial charge in [0.15, 0.2) is 0 Å². The number of fused-ring (bicyclic) bond motifs is 3. The quantitative estimate of drug-likeness (QED) is 0.153. The van der Waals surface area contributed by atoms with E-state index in [0.717, 1.165) is 55.9 Å². The van der Waals surface area contributed by atoms with Gasteiger partial charge in [-0.3, -0.25) is 9.97 Å². The van der Waals surface area contributed by atoms with E-state index in [1.165, 1.54) is 53.6 Å². The van der Waals surface area contributed by atoms with Crippen LogP contribution in [0.1, 0.15) is 0 Å². The normalized spacial score (nSPS) is 11.3. The van der Waals surface area contributed by atoms with Crippen LogP contribution >= 0.6 is 11.3 Å². The highest BCUT2D eigenvalue weighted by Gasteiger charge is 2.16. The molecule has 0 saturated carbocycles. The van der Waals surface area contributed by atoms with Crippen molar-refractivity contribution in [1.82, 2.24) is 9.97 Å². The van der Waals surface area contributed by atoms with Crippen molar-refractivity contribution in [2.45, 2.75) is 0 Å². The van der Waals surface area contributed by atoms with Crippen molar-refractivity contribution >= 4 is 31.5 Å². The zero-order valence-corrected chi connectivity index (χ0v) is 34.1. The van der Waals surface area contributed by atoms with E-state index in [1.54, 1.807) is 0 Å². The number of hydrogen-bond acceptors (Lipinski definition) is 3. The van der Waals surface area contributed by atoms with Gasteiger partial charge in [-0.05, 0) is 86.0 Å². The van der Waals surface area contributed by atoms with E-state index < -0.39 is 0 Å². The van der Waals surface area contributed by atoms with Crippen molar-refractivity contribution < 1.29 is 0 Å². The average Bonchev–Trinajstić information content (AvgIpc) is 3.74. The second-order valence-corrected chi connectivity index (χ2v) is 16.4. The fourth-order valence-electron chi connectivity index (χ4n) is 8.41. The summed E-state index contributed by atoms with van der Waals surface area (Å²) in [6.45, 7) is 0. The molecule has 61 heavy (non-hydrogen) atoms. The Morgan fingerprint density at radius 3 is 1.02 bits per heavy atom. The Bertz CT molecular complexity index is 3140. The van der Waals surface area contributed by atoms with Crippen molar-refractivity contribution in [3.63, 3.8) is 0 Å². The molecule has 0 aliphatic carbocycles. The Kier molecular flexibility index (Phi) is 9.42. The molecule has 2 nitrogen and oxygen atoms in total. The Balaban J connectivity index is 0.991. The van der Waals surface area contributed by atoms with Gasteiger partial charge in [-0.15, -0.1) is 11.3 Å². The molecule has 0 spiro atoms. The zero-order chi connectivity index (χ0) is 40.5. The van der Waals surface area contributed by atoms with Crippen LogP contribution in [0.3, 0.4) is 0 Å². The lowest BCUT2D eigenvalue weighted by atomic mass is 9.91. The molecular weight excluding hydrogens is 757 g/mol. The molecule has 3 heterocycles. The molecule has 286 valence electrons. The van der Waals surface area contributed by atoms with Crippen molar-refractivity contribution in [2.75, 3.05) is 0 Å². The highest BCUT2D eigenvalue weighted by molar-refractivity contribution is 7.26. The molecule has 0 aliphatic heterocycles. The maximum Gasteiger partial charge on any atom is 0.0702 e. The summed E-state index contributed by atoms with van der Waals surface area (Å²) in [6.07, 6.45) is 3.95. The van der Waals surface area contributed by atoms with Crippen molar-refractivity contribution in [3.05, 3.63) is 231 Å². The molecule has 11 aromatic rings. The van der Waals surface area contributed by atoms with E-state index in [-0.39, 0.29) is 0 Å². The van der Waals surface area contributed by atoms with Crippen LogP contribution in [0, 0.1) is 0 Å². The topological polar surface area (TPSA) is 25.8 Å². The van der Waals surface area contributed by atoms with Gasteiger partial charge in [0.1, 0.15) is 0 Å². The molecule has 0 unspecified atom stereocenters. The fourth-order valence-corrected chi connectivity index (χ4v) is 9.78. The van der Waals surface area contributed by atoms with Crippen molar-refractivity contribution in [3.8, 4) is 89.3 Å². The van der Waals surface area contributed by atoms with Gasteiger partial charge < -0.3 is 0 Å². The third-order valence-electron chi connectivity index (χ3n) is 11.6. The number of hydrogen-bond donors (Lipinski definition) is 0. The highest BCUT2D eigenvalue weighted by atomic mass is 32.1. The van der Waals surface area contributed by atoms with E-state index in [0.29, 0.717) is 0 Å². The van der Waals surface area contributed by atoms with Crippen LogP contribution in [0.25, 0.3) is 109 Å². The van der Waals surface area contributed by atoms with Crippen LogP contribution in [0.15, 0.2) is 231 Å². The Labute approximate surface area is 359 Å². The first-order chi connectivity index (χ1) is 30.2. The number of benzene rings is 8. The lowest BCUT2D eigenvalue weighted by Crippen LogP contribution is -1.88. The van der Waals surface area contributed by atoms with Crippen LogP contribution in [-0.2, 0) is 0 Å². The highest BCUT2D eigenvalue weighted by Crippen LogP contribution is 2.45. The van der Waals surface area contributed by atoms with Crippen molar-refractivity contribution in [2.24, 2.45) is 0 Å². The molecule has 0 saturated heterocycles. The molecule has 0 atom stereocenters. The third kappa shape index (κ3) is 7.12. The molecule has 0 amide bonds. The summed E-state index contributed by atoms with van der Waals surface area (Å²) in [5, 5.41) is 2.58. The SMILES string of the molecule is c1ccc(-c2ccc(-c3ccc(-c4cc(-c5ccc(-c6ccc(-c7ccccc7)nc6)cc5)cc(-c5cccc6c5sc5c(-c7ccccc7)cccc56)c4)cc3)cn2)cc1. The summed E-state index contributed by atoms with van der Waals surface area (Å²) >= 11 is 1.89. The molecule has 0 fully saturated rings. The molecule has 3 aromatic heterocycles. The summed E-state index contributed by atoms with van der Waals surface area (Å²) < 4.78 is 2.61. The van der Waals surface area contributed by atoms with Gasteiger partial charge in [-0.1, -0.05) is 188 Å². The van der Waals surface area contributed by atoms with Crippen LogP contribution in [0.4, 0.5) is 0 Å². The second-order valence-electron chi connectivity index (χ2n) is 15.4. The van der Waals surface area contributed by atoms with Crippen molar-refractivity contribution in [1.29, 1.82) is 0 Å². The second kappa shape index (κ2) is 15.8. The van der Waals surface area contributed by atoms with Gasteiger partial charge in [0.2, 0.25) is 0 Å². The monoisotopic (exact) mass is 794 g/mol. The molecular formula is C58H38N2S. The number of pyridine rings is 2. The predicted molar refractivity (Wildman–Crippen MR) is 258 cm³/mol. The standard InChI is InChI=1S/C58H38N2S/c1-4-12-43(13-5-1)51-18-10-20-53-54-21-11-19-52(58(54)61-57(51)53)50-35-48(41-26-22-39(23-27-41)46-30-32-55(59-37-46)44-14-6-2-7-15-44)34-49(36-50)42-28-24-40(25-29-42)47-31-33-56(60-38-47)45-16-8-3-9-17-45/h1-38H. The predicted octanol–water partition coefficient (Wildman–Crippen LogP) is 16.2. The van der Waals surface area contributed by atoms with E-state index in [1.807, 2.05) is 60.1 Å². The Hall–Kier alpha value is -7.72. The minimum Gasteiger partial charge on any atom is -0.256 e. The van der Waals surface area contributed by atoms with Crippen LogP contribution in [0.2, 0.25) is 0 Å². The molecule has 11 rings (SSSR count). The molecule has 0 N–H and O–H groups in total. The Morgan fingerprint density at radius 2 is 0.607 bits per heavy atom. The van der Waals surface area contributed by atoms with Crippen LogP contribution in [-0.4, -0.2) is 9.97 Å². The van der Waals surface area contributed by atoms with Gasteiger partial charge in [0.25, 0.3) is 0 Å². The van der Waals surface area contributed by atoms with Crippen LogP contribution in [0.5, 0.6) is 0 Å². The number of aromatic nitrogens is 2. The van der Waals surface area contributed by atoms with E-state index >= 15 is 0 Å². The van der Waals surface area contributed by atoms with Gasteiger partial charge in [0.05, 0.1) is 11.4 Å². The van der Waals surface area contributed by atoms with Gasteiger partial charge >= 0.3 is 0 Å². The van der Waals surface area contributed by atoms with E-state index in [2.05, 4.69) is 182 Å². The molecule has 3 heteroatoms. The maximum absolute atomic E-state index is 4.80. The average molecular weight is 795 g/mol. The summed E-state index contributed by atoms with van der Waals surface area (Å²) in [4.78, 5) is 9.60. The number of rotatable bonds is 8. The lowest BCUT2D eigenvalue weighted by Gasteiger charge is -2.13. The summed E-state index contributed by atoms with van der Waals surface area (Å²) in [5.74, 6) is 0. The van der Waals surface area contributed by atoms with Gasteiger partial charge in [-0.25, -0.2) is 0 Å². The molecule has 0 radical (unpaired) electrons. The van der Waals surface area contributed by atoms with E-state index in [9.17, 15) is 0 Å². The van der Waals surface area contributed by atoms with Crippen LogP contribution < -0.4 is 0 Å². The first-order valence-electron chi connectivity index (χ1n) is 20.6. The lowest BCUT2D eigenvalue weighted by molar-refractivity contribution is 1.32. The smallest absolute Gasteiger partial charge is 0.0702 e. The van der Waals surface area contributed by atoms with Gasteiger partial charge in [0, 0.05) is 54.8 Å². The number of nitrogens with zero attached hydrogens (tertiary/aromatic N) is 2. The first kappa shape index (κ1) is 36.4. The molecule has 0 aliphatic rings. The minimum absolute atomic E-state index is 0.973. The summed E-state index contributed by atoms with van der Waals surface area (Å²) in [7, 11) is 0. The number of thiophene rings is 1.